The third-order valence-corrected chi connectivity index (χ3v) is 8.04. The van der Waals surface area contributed by atoms with Gasteiger partial charge in [-0.15, -0.1) is 0 Å². The van der Waals surface area contributed by atoms with E-state index in [4.69, 9.17) is 16.3 Å². The molecule has 1 atom stereocenters. The largest absolute Gasteiger partial charge is 0.497 e. The van der Waals surface area contributed by atoms with E-state index in [9.17, 15) is 14.7 Å². The number of fused-ring (bicyclic) bond motifs is 1. The fraction of sp³-hybridized carbons (Fsp3) is 0.452. The first kappa shape index (κ1) is 29.6. The van der Waals surface area contributed by atoms with E-state index in [2.05, 4.69) is 18.9 Å². The Morgan fingerprint density at radius 2 is 1.77 bits per heavy atom. The molecule has 1 aromatic heterocycles. The predicted molar refractivity (Wildman–Crippen MR) is 156 cm³/mol. The summed E-state index contributed by atoms with van der Waals surface area (Å²) in [7, 11) is 1.55. The van der Waals surface area contributed by atoms with E-state index < -0.39 is 0 Å². The summed E-state index contributed by atoms with van der Waals surface area (Å²) >= 11 is 6.73. The molecule has 0 saturated carbocycles. The lowest BCUT2D eigenvalue weighted by Crippen LogP contribution is -2.46. The Kier molecular flexibility index (Phi) is 9.87. The number of carbonyl (C=O) groups excluding carboxylic acids is 2. The second-order valence-electron chi connectivity index (χ2n) is 10.3. The molecule has 0 aliphatic carbocycles. The molecule has 1 unspecified atom stereocenters. The molecule has 0 radical (unpaired) electrons. The number of halogens is 1. The minimum atomic E-state index is -0.369. The molecule has 0 spiro atoms. The van der Waals surface area contributed by atoms with Crippen molar-refractivity contribution in [2.75, 3.05) is 26.8 Å². The van der Waals surface area contributed by atoms with Gasteiger partial charge in [0.25, 0.3) is 11.8 Å². The molecule has 2 aromatic carbocycles. The molecule has 0 fully saturated rings. The summed E-state index contributed by atoms with van der Waals surface area (Å²) in [6.45, 7) is 7.49. The number of methoxy groups -OCH3 is 1. The number of aliphatic hydroxyl groups is 1. The summed E-state index contributed by atoms with van der Waals surface area (Å²) < 4.78 is 7.04. The number of rotatable bonds is 11. The highest BCUT2D eigenvalue weighted by Gasteiger charge is 2.33. The fourth-order valence-corrected chi connectivity index (χ4v) is 5.36. The Morgan fingerprint density at radius 1 is 1.10 bits per heavy atom. The lowest BCUT2D eigenvalue weighted by molar-refractivity contribution is 0.0543. The predicted octanol–water partition coefficient (Wildman–Crippen LogP) is 5.44. The van der Waals surface area contributed by atoms with Crippen molar-refractivity contribution in [2.24, 2.45) is 0 Å². The first-order chi connectivity index (χ1) is 19.3. The minimum Gasteiger partial charge on any atom is -0.497 e. The first-order valence-corrected chi connectivity index (χ1v) is 14.4. The summed E-state index contributed by atoms with van der Waals surface area (Å²) in [6.07, 6.45) is 4.31. The van der Waals surface area contributed by atoms with Gasteiger partial charge in [0.15, 0.2) is 5.69 Å². The number of hydrogen-bond acceptors (Lipinski definition) is 5. The highest BCUT2D eigenvalue weighted by molar-refractivity contribution is 6.34. The molecule has 0 bridgehead atoms. The van der Waals surface area contributed by atoms with Crippen LogP contribution in [0.2, 0.25) is 5.02 Å². The molecular weight excluding hydrogens is 528 g/mol. The van der Waals surface area contributed by atoms with Gasteiger partial charge >= 0.3 is 0 Å². The summed E-state index contributed by atoms with van der Waals surface area (Å²) in [5, 5.41) is 15.1. The zero-order valence-electron chi connectivity index (χ0n) is 23.8. The van der Waals surface area contributed by atoms with Crippen LogP contribution in [-0.2, 0) is 13.0 Å². The molecule has 9 heteroatoms. The van der Waals surface area contributed by atoms with Crippen LogP contribution < -0.4 is 4.74 Å². The Morgan fingerprint density at radius 3 is 2.40 bits per heavy atom. The second-order valence-corrected chi connectivity index (χ2v) is 10.7. The maximum Gasteiger partial charge on any atom is 0.275 e. The van der Waals surface area contributed by atoms with Crippen molar-refractivity contribution in [1.29, 1.82) is 0 Å². The van der Waals surface area contributed by atoms with Crippen molar-refractivity contribution in [3.8, 4) is 11.4 Å². The monoisotopic (exact) mass is 566 g/mol. The molecule has 2 amide bonds. The van der Waals surface area contributed by atoms with Gasteiger partial charge in [-0.2, -0.15) is 5.10 Å². The van der Waals surface area contributed by atoms with Gasteiger partial charge < -0.3 is 19.6 Å². The van der Waals surface area contributed by atoms with E-state index in [0.29, 0.717) is 48.7 Å². The van der Waals surface area contributed by atoms with Crippen molar-refractivity contribution in [2.45, 2.75) is 65.5 Å². The topological polar surface area (TPSA) is 87.9 Å². The molecule has 1 N–H and O–H groups in total. The average molecular weight is 567 g/mol. The molecular formula is C31H39ClN4O4. The minimum absolute atomic E-state index is 0.157. The van der Waals surface area contributed by atoms with Gasteiger partial charge in [0.05, 0.1) is 41.7 Å². The average Bonchev–Trinajstić information content (AvgIpc) is 3.28. The van der Waals surface area contributed by atoms with E-state index in [1.165, 1.54) is 0 Å². The fourth-order valence-electron chi connectivity index (χ4n) is 5.16. The number of hydrogen-bond donors (Lipinski definition) is 1. The van der Waals surface area contributed by atoms with Gasteiger partial charge in [-0.25, -0.2) is 4.68 Å². The van der Waals surface area contributed by atoms with E-state index in [0.717, 1.165) is 36.8 Å². The Hall–Kier alpha value is -3.36. The van der Waals surface area contributed by atoms with Crippen LogP contribution in [-0.4, -0.2) is 69.3 Å². The lowest BCUT2D eigenvalue weighted by Gasteiger charge is -2.36. The molecule has 1 aliphatic rings. The number of aromatic nitrogens is 2. The van der Waals surface area contributed by atoms with Crippen LogP contribution in [0.15, 0.2) is 42.5 Å². The van der Waals surface area contributed by atoms with Crippen molar-refractivity contribution < 1.29 is 19.4 Å². The second kappa shape index (κ2) is 13.3. The lowest BCUT2D eigenvalue weighted by atomic mass is 9.93. The van der Waals surface area contributed by atoms with Gasteiger partial charge in [-0.3, -0.25) is 9.59 Å². The summed E-state index contributed by atoms with van der Waals surface area (Å²) in [4.78, 5) is 31.2. The molecule has 4 rings (SSSR count). The highest BCUT2D eigenvalue weighted by Crippen LogP contribution is 2.31. The molecule has 40 heavy (non-hydrogen) atoms. The standard InChI is InChI=1S/C31H39ClN4O4/c1-5-7-15-34(16-8-6-2)31(39)29-28(32)21(3)36(33-29)27-14-13-25(40-4)18-26(27)30(38)35-19-23-12-10-9-11-22(23)17-24(35)20-37/h9-14,18,24,37H,5-8,15-17,19-20H2,1-4H3. The first-order valence-electron chi connectivity index (χ1n) is 14.1. The van der Waals surface area contributed by atoms with Gasteiger partial charge in [0, 0.05) is 19.6 Å². The number of unbranched alkanes of at least 4 members (excludes halogenated alkanes) is 2. The number of benzene rings is 2. The van der Waals surface area contributed by atoms with Crippen molar-refractivity contribution >= 4 is 23.4 Å². The third-order valence-electron chi connectivity index (χ3n) is 7.59. The van der Waals surface area contributed by atoms with Crippen LogP contribution in [0.3, 0.4) is 0 Å². The van der Waals surface area contributed by atoms with E-state index in [1.54, 1.807) is 41.8 Å². The summed E-state index contributed by atoms with van der Waals surface area (Å²) in [5.41, 5.74) is 3.78. The van der Waals surface area contributed by atoms with Crippen LogP contribution in [0, 0.1) is 6.92 Å². The zero-order valence-corrected chi connectivity index (χ0v) is 24.6. The summed E-state index contributed by atoms with van der Waals surface area (Å²) in [5.74, 6) is 0.0551. The molecule has 3 aromatic rings. The number of amides is 2. The van der Waals surface area contributed by atoms with Crippen molar-refractivity contribution in [1.82, 2.24) is 19.6 Å². The molecule has 1 aliphatic heterocycles. The highest BCUT2D eigenvalue weighted by atomic mass is 35.5. The molecule has 8 nitrogen and oxygen atoms in total. The maximum atomic E-state index is 14.1. The molecule has 214 valence electrons. The Bertz CT molecular complexity index is 1350. The third kappa shape index (κ3) is 6.03. The van der Waals surface area contributed by atoms with E-state index in [1.807, 2.05) is 29.2 Å². The van der Waals surface area contributed by atoms with Gasteiger partial charge in [0.1, 0.15) is 5.75 Å². The number of ether oxygens (including phenoxy) is 1. The van der Waals surface area contributed by atoms with E-state index in [-0.39, 0.29) is 35.2 Å². The van der Waals surface area contributed by atoms with Gasteiger partial charge in [-0.1, -0.05) is 62.6 Å². The van der Waals surface area contributed by atoms with Crippen LogP contribution in [0.25, 0.3) is 5.69 Å². The van der Waals surface area contributed by atoms with E-state index >= 15 is 0 Å². The van der Waals surface area contributed by atoms with Crippen LogP contribution in [0.1, 0.15) is 77.2 Å². The number of aliphatic hydroxyl groups excluding tert-OH is 1. The van der Waals surface area contributed by atoms with Crippen molar-refractivity contribution in [3.63, 3.8) is 0 Å². The maximum absolute atomic E-state index is 14.1. The van der Waals surface area contributed by atoms with Gasteiger partial charge in [0.2, 0.25) is 0 Å². The molecule has 2 heterocycles. The van der Waals surface area contributed by atoms with Crippen LogP contribution in [0.5, 0.6) is 5.75 Å². The molecule has 0 saturated heterocycles. The number of carbonyl (C=O) groups is 2. The normalized spacial score (nSPS) is 14.7. The SMILES string of the molecule is CCCCN(CCCC)C(=O)c1nn(-c2ccc(OC)cc2C(=O)N2Cc3ccccc3CC2CO)c(C)c1Cl. The van der Waals surface area contributed by atoms with Crippen LogP contribution >= 0.6 is 11.6 Å². The summed E-state index contributed by atoms with van der Waals surface area (Å²) in [6, 6.07) is 12.8. The van der Waals surface area contributed by atoms with Crippen LogP contribution in [0.4, 0.5) is 0 Å². The quantitative estimate of drug-likeness (QED) is 0.334. The van der Waals surface area contributed by atoms with Crippen molar-refractivity contribution in [3.05, 3.63) is 75.6 Å². The Labute approximate surface area is 241 Å². The van der Waals surface area contributed by atoms with Gasteiger partial charge in [-0.05, 0) is 55.5 Å². The Balaban J connectivity index is 1.75. The smallest absolute Gasteiger partial charge is 0.275 e. The number of nitrogens with zero attached hydrogens (tertiary/aromatic N) is 4. The zero-order chi connectivity index (χ0) is 28.8.